The molecule has 114 valence electrons. The Balaban J connectivity index is 2.24. The lowest BCUT2D eigenvalue weighted by atomic mass is 10.1. The summed E-state index contributed by atoms with van der Waals surface area (Å²) in [6, 6.07) is 2.29. The number of carboxylic acids is 1. The van der Waals surface area contributed by atoms with Crippen LogP contribution in [0, 0.1) is 0 Å². The number of hydrogen-bond acceptors (Lipinski definition) is 5. The van der Waals surface area contributed by atoms with Gasteiger partial charge in [-0.05, 0) is 28.1 Å². The minimum absolute atomic E-state index is 0.0170. The highest BCUT2D eigenvalue weighted by atomic mass is 79.9. The SMILES string of the molecule is O=C(O)CC1CS(=O)(=O)CCN1C(=O)c1ccc(Br)cn1. The van der Waals surface area contributed by atoms with Crippen LogP contribution in [0.4, 0.5) is 0 Å². The number of aromatic nitrogens is 1. The Morgan fingerprint density at radius 1 is 1.43 bits per heavy atom. The van der Waals surface area contributed by atoms with Crippen LogP contribution in [-0.2, 0) is 14.6 Å². The first-order valence-electron chi connectivity index (χ1n) is 6.13. The molecule has 7 nitrogen and oxygen atoms in total. The van der Waals surface area contributed by atoms with Gasteiger partial charge in [0, 0.05) is 17.2 Å². The second-order valence-corrected chi connectivity index (χ2v) is 7.87. The average Bonchev–Trinajstić information content (AvgIpc) is 2.37. The monoisotopic (exact) mass is 376 g/mol. The fourth-order valence-corrected chi connectivity index (χ4v) is 3.93. The molecular weight excluding hydrogens is 364 g/mol. The van der Waals surface area contributed by atoms with E-state index in [1.54, 1.807) is 6.07 Å². The molecule has 1 amide bonds. The Morgan fingerprint density at radius 2 is 2.14 bits per heavy atom. The molecule has 1 aromatic rings. The van der Waals surface area contributed by atoms with Crippen LogP contribution in [0.25, 0.3) is 0 Å². The van der Waals surface area contributed by atoms with E-state index in [1.807, 2.05) is 0 Å². The molecule has 1 N–H and O–H groups in total. The van der Waals surface area contributed by atoms with Crippen molar-refractivity contribution < 1.29 is 23.1 Å². The molecule has 1 atom stereocenters. The van der Waals surface area contributed by atoms with Crippen molar-refractivity contribution in [3.05, 3.63) is 28.5 Å². The van der Waals surface area contributed by atoms with E-state index in [0.717, 1.165) is 0 Å². The molecule has 0 spiro atoms. The Bertz CT molecular complexity index is 659. The van der Waals surface area contributed by atoms with Crippen LogP contribution in [0.2, 0.25) is 0 Å². The van der Waals surface area contributed by atoms with Gasteiger partial charge in [-0.25, -0.2) is 13.4 Å². The second kappa shape index (κ2) is 6.10. The normalized spacial score (nSPS) is 21.0. The van der Waals surface area contributed by atoms with Gasteiger partial charge in [0.2, 0.25) is 0 Å². The van der Waals surface area contributed by atoms with Gasteiger partial charge in [-0.2, -0.15) is 0 Å². The first-order valence-corrected chi connectivity index (χ1v) is 8.75. The summed E-state index contributed by atoms with van der Waals surface area (Å²) in [6.07, 6.45) is 1.06. The molecule has 1 saturated heterocycles. The number of sulfone groups is 1. The number of pyridine rings is 1. The fraction of sp³-hybridized carbons (Fsp3) is 0.417. The highest BCUT2D eigenvalue weighted by Crippen LogP contribution is 2.18. The van der Waals surface area contributed by atoms with Gasteiger partial charge in [-0.15, -0.1) is 0 Å². The largest absolute Gasteiger partial charge is 0.481 e. The van der Waals surface area contributed by atoms with Crippen LogP contribution >= 0.6 is 15.9 Å². The number of rotatable bonds is 3. The highest BCUT2D eigenvalue weighted by molar-refractivity contribution is 9.10. The molecule has 2 rings (SSSR count). The third kappa shape index (κ3) is 4.01. The van der Waals surface area contributed by atoms with E-state index in [2.05, 4.69) is 20.9 Å². The highest BCUT2D eigenvalue weighted by Gasteiger charge is 2.36. The third-order valence-corrected chi connectivity index (χ3v) is 5.31. The van der Waals surface area contributed by atoms with Crippen molar-refractivity contribution in [1.29, 1.82) is 0 Å². The molecule has 2 heterocycles. The molecule has 0 saturated carbocycles. The second-order valence-electron chi connectivity index (χ2n) is 4.73. The standard InChI is InChI=1S/C12H13BrN2O5S/c13-8-1-2-10(14-6-8)12(18)15-3-4-21(19,20)7-9(15)5-11(16)17/h1-2,6,9H,3-5,7H2,(H,16,17). The first-order chi connectivity index (χ1) is 9.78. The number of nitrogens with zero attached hydrogens (tertiary/aromatic N) is 2. The van der Waals surface area contributed by atoms with Gasteiger partial charge >= 0.3 is 5.97 Å². The van der Waals surface area contributed by atoms with Gasteiger partial charge in [0.1, 0.15) is 5.69 Å². The zero-order valence-electron chi connectivity index (χ0n) is 10.9. The summed E-state index contributed by atoms with van der Waals surface area (Å²) < 4.78 is 24.0. The Morgan fingerprint density at radius 3 is 2.71 bits per heavy atom. The number of carboxylic acid groups (broad SMARTS) is 1. The number of carbonyl (C=O) groups excluding carboxylic acids is 1. The summed E-state index contributed by atoms with van der Waals surface area (Å²) in [5.74, 6) is -2.09. The molecule has 0 radical (unpaired) electrons. The van der Waals surface area contributed by atoms with Crippen molar-refractivity contribution in [2.45, 2.75) is 12.5 Å². The average molecular weight is 377 g/mol. The Kier molecular flexibility index (Phi) is 4.62. The number of aliphatic carboxylic acids is 1. The molecular formula is C12H13BrN2O5S. The van der Waals surface area contributed by atoms with Crippen molar-refractivity contribution in [2.24, 2.45) is 0 Å². The van der Waals surface area contributed by atoms with Crippen molar-refractivity contribution in [1.82, 2.24) is 9.88 Å². The van der Waals surface area contributed by atoms with Crippen molar-refractivity contribution in [3.63, 3.8) is 0 Å². The summed E-state index contributed by atoms with van der Waals surface area (Å²) in [6.45, 7) is -0.0170. The summed E-state index contributed by atoms with van der Waals surface area (Å²) >= 11 is 3.21. The van der Waals surface area contributed by atoms with Crippen LogP contribution < -0.4 is 0 Å². The van der Waals surface area contributed by atoms with Crippen molar-refractivity contribution in [2.75, 3.05) is 18.1 Å². The quantitative estimate of drug-likeness (QED) is 0.825. The summed E-state index contributed by atoms with van der Waals surface area (Å²) in [5.41, 5.74) is 0.160. The molecule has 1 fully saturated rings. The number of hydrogen-bond donors (Lipinski definition) is 1. The maximum Gasteiger partial charge on any atom is 0.305 e. The predicted octanol–water partition coefficient (Wildman–Crippen LogP) is 0.558. The zero-order valence-corrected chi connectivity index (χ0v) is 13.3. The maximum atomic E-state index is 12.4. The molecule has 0 aromatic carbocycles. The van der Waals surface area contributed by atoms with Gasteiger partial charge in [0.05, 0.1) is 24.0 Å². The molecule has 21 heavy (non-hydrogen) atoms. The summed E-state index contributed by atoms with van der Waals surface area (Å²) in [5, 5.41) is 8.89. The number of amides is 1. The summed E-state index contributed by atoms with van der Waals surface area (Å²) in [4.78, 5) is 28.5. The lowest BCUT2D eigenvalue weighted by molar-refractivity contribution is -0.138. The van der Waals surface area contributed by atoms with Gasteiger partial charge in [0.25, 0.3) is 5.91 Å². The van der Waals surface area contributed by atoms with Crippen molar-refractivity contribution >= 4 is 37.6 Å². The predicted molar refractivity (Wildman–Crippen MR) is 77.7 cm³/mol. The first kappa shape index (κ1) is 15.9. The molecule has 1 aromatic heterocycles. The minimum atomic E-state index is -3.32. The zero-order chi connectivity index (χ0) is 15.6. The molecule has 1 aliphatic heterocycles. The van der Waals surface area contributed by atoms with E-state index in [0.29, 0.717) is 4.47 Å². The van der Waals surface area contributed by atoms with Crippen LogP contribution in [-0.4, -0.2) is 59.4 Å². The van der Waals surface area contributed by atoms with E-state index in [1.165, 1.54) is 17.2 Å². The minimum Gasteiger partial charge on any atom is -0.481 e. The van der Waals surface area contributed by atoms with E-state index in [9.17, 15) is 18.0 Å². The summed E-state index contributed by atoms with van der Waals surface area (Å²) in [7, 11) is -3.32. The van der Waals surface area contributed by atoms with Crippen LogP contribution in [0.5, 0.6) is 0 Å². The number of halogens is 1. The molecule has 9 heteroatoms. The van der Waals surface area contributed by atoms with Gasteiger partial charge in [-0.1, -0.05) is 0 Å². The van der Waals surface area contributed by atoms with Gasteiger partial charge < -0.3 is 10.0 Å². The van der Waals surface area contributed by atoms with Gasteiger partial charge in [-0.3, -0.25) is 9.59 Å². The third-order valence-electron chi connectivity index (χ3n) is 3.15. The van der Waals surface area contributed by atoms with E-state index in [4.69, 9.17) is 5.11 Å². The Hall–Kier alpha value is -1.48. The lowest BCUT2D eigenvalue weighted by Crippen LogP contribution is -2.52. The van der Waals surface area contributed by atoms with Crippen LogP contribution in [0.3, 0.4) is 0 Å². The van der Waals surface area contributed by atoms with E-state index >= 15 is 0 Å². The van der Waals surface area contributed by atoms with Crippen LogP contribution in [0.1, 0.15) is 16.9 Å². The molecule has 0 bridgehead atoms. The topological polar surface area (TPSA) is 105 Å². The number of carbonyl (C=O) groups is 2. The smallest absolute Gasteiger partial charge is 0.305 e. The van der Waals surface area contributed by atoms with E-state index in [-0.39, 0.29) is 23.7 Å². The Labute approximate surface area is 130 Å². The maximum absolute atomic E-state index is 12.4. The molecule has 1 unspecified atom stereocenters. The van der Waals surface area contributed by atoms with Crippen molar-refractivity contribution in [3.8, 4) is 0 Å². The fourth-order valence-electron chi connectivity index (χ4n) is 2.17. The van der Waals surface area contributed by atoms with Crippen LogP contribution in [0.15, 0.2) is 22.8 Å². The van der Waals surface area contributed by atoms with E-state index < -0.39 is 34.2 Å². The van der Waals surface area contributed by atoms with Gasteiger partial charge in [0.15, 0.2) is 9.84 Å². The lowest BCUT2D eigenvalue weighted by Gasteiger charge is -2.34. The molecule has 1 aliphatic rings. The molecule has 0 aliphatic carbocycles.